The van der Waals surface area contributed by atoms with Gasteiger partial charge in [0.05, 0.1) is 0 Å². The molecule has 0 spiro atoms. The van der Waals surface area contributed by atoms with Crippen molar-refractivity contribution in [2.45, 2.75) is 32.4 Å². The summed E-state index contributed by atoms with van der Waals surface area (Å²) in [6, 6.07) is 0. The van der Waals surface area contributed by atoms with Crippen LogP contribution in [0.2, 0.25) is 12.6 Å². The summed E-state index contributed by atoms with van der Waals surface area (Å²) in [6.07, 6.45) is 3.80. The van der Waals surface area contributed by atoms with Crippen LogP contribution >= 0.6 is 0 Å². The number of amides is 1. The quantitative estimate of drug-likeness (QED) is 0.498. The maximum atomic E-state index is 11.4. The second-order valence-corrected chi connectivity index (χ2v) is 3.13. The molecule has 1 amide bonds. The van der Waals surface area contributed by atoms with Gasteiger partial charge in [0.1, 0.15) is 15.7 Å². The van der Waals surface area contributed by atoms with E-state index in [4.69, 9.17) is 0 Å². The van der Waals surface area contributed by atoms with Crippen LogP contribution in [0.5, 0.6) is 0 Å². The van der Waals surface area contributed by atoms with Crippen molar-refractivity contribution in [3.8, 4) is 0 Å². The second kappa shape index (κ2) is 7.26. The first kappa shape index (κ1) is 11.6. The van der Waals surface area contributed by atoms with Crippen LogP contribution in [-0.2, 0) is 4.79 Å². The number of hydrogen-bond acceptors (Lipinski definition) is 1. The van der Waals surface area contributed by atoms with Gasteiger partial charge in [0.25, 0.3) is 0 Å². The average molecular weight is 167 g/mol. The van der Waals surface area contributed by atoms with E-state index in [0.717, 1.165) is 32.2 Å². The molecule has 0 atom stereocenters. The Morgan fingerprint density at radius 1 is 1.25 bits per heavy atom. The van der Waals surface area contributed by atoms with Crippen molar-refractivity contribution in [2.24, 2.45) is 0 Å². The van der Waals surface area contributed by atoms with Crippen molar-refractivity contribution < 1.29 is 4.79 Å². The van der Waals surface area contributed by atoms with Crippen molar-refractivity contribution in [1.29, 1.82) is 0 Å². The molecule has 0 saturated heterocycles. The molecule has 0 bridgehead atoms. The Hall–Kier alpha value is -0.400. The van der Waals surface area contributed by atoms with Crippen molar-refractivity contribution in [3.05, 3.63) is 0 Å². The molecular formula is C8H19B2NO. The molecule has 0 aliphatic carbocycles. The van der Waals surface area contributed by atoms with Crippen LogP contribution in [-0.4, -0.2) is 39.6 Å². The monoisotopic (exact) mass is 167 g/mol. The van der Waals surface area contributed by atoms with E-state index in [1.165, 1.54) is 0 Å². The summed E-state index contributed by atoms with van der Waals surface area (Å²) < 4.78 is 0. The molecule has 0 fully saturated rings. The van der Waals surface area contributed by atoms with E-state index in [9.17, 15) is 4.79 Å². The van der Waals surface area contributed by atoms with Crippen LogP contribution < -0.4 is 0 Å². The van der Waals surface area contributed by atoms with Gasteiger partial charge < -0.3 is 4.90 Å². The molecule has 0 aromatic carbocycles. The molecule has 4 heteroatoms. The first-order valence-electron chi connectivity index (χ1n) is 5.04. The van der Waals surface area contributed by atoms with Crippen LogP contribution in [0.15, 0.2) is 0 Å². The Labute approximate surface area is 77.5 Å². The van der Waals surface area contributed by atoms with Gasteiger partial charge in [0, 0.05) is 19.5 Å². The number of nitrogens with zero attached hydrogens (tertiary/aromatic N) is 1. The van der Waals surface area contributed by atoms with Gasteiger partial charge >= 0.3 is 0 Å². The highest BCUT2D eigenvalue weighted by molar-refractivity contribution is 6.09. The SMILES string of the molecule is BCCN(CCB)C(=O)CCC. The lowest BCUT2D eigenvalue weighted by atomic mass is 10.0. The molecule has 0 aromatic heterocycles. The Balaban J connectivity index is 3.81. The molecule has 2 nitrogen and oxygen atoms in total. The highest BCUT2D eigenvalue weighted by Crippen LogP contribution is 1.99. The smallest absolute Gasteiger partial charge is 0.222 e. The maximum absolute atomic E-state index is 11.4. The van der Waals surface area contributed by atoms with E-state index < -0.39 is 0 Å². The number of carbonyl (C=O) groups excluding carboxylic acids is 1. The van der Waals surface area contributed by atoms with Gasteiger partial charge in [-0.05, 0) is 6.42 Å². The number of rotatable bonds is 6. The summed E-state index contributed by atoms with van der Waals surface area (Å²) >= 11 is 0. The van der Waals surface area contributed by atoms with Crippen LogP contribution in [0.25, 0.3) is 0 Å². The lowest BCUT2D eigenvalue weighted by Gasteiger charge is -2.21. The van der Waals surface area contributed by atoms with E-state index in [1.54, 1.807) is 0 Å². The minimum Gasteiger partial charge on any atom is -0.344 e. The normalized spacial score (nSPS) is 9.75. The van der Waals surface area contributed by atoms with E-state index in [0.29, 0.717) is 12.3 Å². The lowest BCUT2D eigenvalue weighted by Crippen LogP contribution is -2.32. The molecule has 0 rings (SSSR count). The molecule has 0 heterocycles. The molecular weight excluding hydrogens is 148 g/mol. The molecule has 12 heavy (non-hydrogen) atoms. The predicted molar refractivity (Wildman–Crippen MR) is 58.2 cm³/mol. The minimum atomic E-state index is 0.321. The molecule has 0 N–H and O–H groups in total. The van der Waals surface area contributed by atoms with Crippen LogP contribution in [0.3, 0.4) is 0 Å². The third-order valence-corrected chi connectivity index (χ3v) is 1.80. The maximum Gasteiger partial charge on any atom is 0.222 e. The van der Waals surface area contributed by atoms with Gasteiger partial charge in [-0.1, -0.05) is 19.6 Å². The van der Waals surface area contributed by atoms with Crippen molar-refractivity contribution >= 4 is 21.6 Å². The third-order valence-electron chi connectivity index (χ3n) is 1.80. The zero-order valence-corrected chi connectivity index (χ0v) is 8.60. The summed E-state index contributed by atoms with van der Waals surface area (Å²) in [5.41, 5.74) is 0. The zero-order chi connectivity index (χ0) is 9.40. The molecule has 0 unspecified atom stereocenters. The number of carbonyl (C=O) groups is 1. The first-order chi connectivity index (χ1) is 5.76. The summed E-state index contributed by atoms with van der Waals surface area (Å²) in [7, 11) is 4.23. The molecule has 0 aliphatic heterocycles. The highest BCUT2D eigenvalue weighted by atomic mass is 16.2. The van der Waals surface area contributed by atoms with Gasteiger partial charge in [-0.25, -0.2) is 0 Å². The Bertz CT molecular complexity index is 124. The largest absolute Gasteiger partial charge is 0.344 e. The average Bonchev–Trinajstić information content (AvgIpc) is 2.04. The van der Waals surface area contributed by atoms with E-state index in [1.807, 2.05) is 11.8 Å². The van der Waals surface area contributed by atoms with Crippen molar-refractivity contribution in [1.82, 2.24) is 4.90 Å². The zero-order valence-electron chi connectivity index (χ0n) is 8.60. The summed E-state index contributed by atoms with van der Waals surface area (Å²) in [5.74, 6) is 0.321. The fourth-order valence-electron chi connectivity index (χ4n) is 1.27. The van der Waals surface area contributed by atoms with Crippen LogP contribution in [0.4, 0.5) is 0 Å². The Morgan fingerprint density at radius 2 is 1.75 bits per heavy atom. The summed E-state index contributed by atoms with van der Waals surface area (Å²) in [6.45, 7) is 3.90. The minimum absolute atomic E-state index is 0.321. The Morgan fingerprint density at radius 3 is 2.08 bits per heavy atom. The number of hydrogen-bond donors (Lipinski definition) is 0. The molecule has 0 aromatic rings. The van der Waals surface area contributed by atoms with Gasteiger partial charge in [-0.15, -0.1) is 0 Å². The van der Waals surface area contributed by atoms with E-state index >= 15 is 0 Å². The molecule has 0 aliphatic rings. The van der Waals surface area contributed by atoms with E-state index in [-0.39, 0.29) is 0 Å². The van der Waals surface area contributed by atoms with Crippen LogP contribution in [0, 0.1) is 0 Å². The predicted octanol–water partition coefficient (Wildman–Crippen LogP) is -0.282. The molecule has 0 radical (unpaired) electrons. The van der Waals surface area contributed by atoms with Crippen LogP contribution in [0.1, 0.15) is 19.8 Å². The highest BCUT2D eigenvalue weighted by Gasteiger charge is 2.08. The second-order valence-electron chi connectivity index (χ2n) is 3.13. The fraction of sp³-hybridized carbons (Fsp3) is 0.875. The fourth-order valence-corrected chi connectivity index (χ4v) is 1.27. The summed E-state index contributed by atoms with van der Waals surface area (Å²) in [4.78, 5) is 13.4. The standard InChI is InChI=1S/C8H19B2NO/c1-2-3-8(12)11(6-4-9)7-5-10/h2-7,9-10H2,1H3. The lowest BCUT2D eigenvalue weighted by molar-refractivity contribution is -0.130. The Kier molecular flexibility index (Phi) is 7.02. The molecule has 0 saturated carbocycles. The van der Waals surface area contributed by atoms with Gasteiger partial charge in [0.2, 0.25) is 5.91 Å². The van der Waals surface area contributed by atoms with Gasteiger partial charge in [-0.2, -0.15) is 0 Å². The summed E-state index contributed by atoms with van der Waals surface area (Å²) in [5, 5.41) is 0. The molecule has 68 valence electrons. The third kappa shape index (κ3) is 4.47. The van der Waals surface area contributed by atoms with Crippen molar-refractivity contribution in [3.63, 3.8) is 0 Å². The van der Waals surface area contributed by atoms with E-state index in [2.05, 4.69) is 15.7 Å². The van der Waals surface area contributed by atoms with Crippen molar-refractivity contribution in [2.75, 3.05) is 13.1 Å². The van der Waals surface area contributed by atoms with Gasteiger partial charge in [0.15, 0.2) is 0 Å². The topological polar surface area (TPSA) is 20.3 Å². The van der Waals surface area contributed by atoms with Gasteiger partial charge in [-0.3, -0.25) is 4.79 Å². The first-order valence-corrected chi connectivity index (χ1v) is 5.04.